The number of sulfonamides is 1. The second-order valence-corrected chi connectivity index (χ2v) is 6.87. The summed E-state index contributed by atoms with van der Waals surface area (Å²) in [5, 5.41) is 0.131. The minimum absolute atomic E-state index is 0.0145. The second-order valence-electron chi connectivity index (χ2n) is 4.72. The van der Waals surface area contributed by atoms with Gasteiger partial charge in [0.2, 0.25) is 10.0 Å². The number of rotatable bonds is 7. The van der Waals surface area contributed by atoms with Crippen LogP contribution in [0.5, 0.6) is 0 Å². The lowest BCUT2D eigenvalue weighted by Gasteiger charge is -2.08. The van der Waals surface area contributed by atoms with E-state index >= 15 is 0 Å². The van der Waals surface area contributed by atoms with Crippen LogP contribution in [0, 0.1) is 0 Å². The minimum Gasteiger partial charge on any atom is -0.461 e. The predicted octanol–water partition coefficient (Wildman–Crippen LogP) is 2.75. The Labute approximate surface area is 140 Å². The SMILES string of the molecule is O=C(CCNS(=O)(=O)c1ccccc1Cl)OCc1ccccc1. The summed E-state index contributed by atoms with van der Waals surface area (Å²) in [5.41, 5.74) is 0.873. The molecule has 0 aliphatic heterocycles. The topological polar surface area (TPSA) is 72.5 Å². The van der Waals surface area contributed by atoms with Gasteiger partial charge in [0.25, 0.3) is 0 Å². The highest BCUT2D eigenvalue weighted by molar-refractivity contribution is 7.89. The lowest BCUT2D eigenvalue weighted by Crippen LogP contribution is -2.27. The zero-order valence-corrected chi connectivity index (χ0v) is 13.8. The number of esters is 1. The monoisotopic (exact) mass is 353 g/mol. The van der Waals surface area contributed by atoms with Gasteiger partial charge in [-0.15, -0.1) is 0 Å². The molecule has 0 radical (unpaired) electrons. The normalized spacial score (nSPS) is 11.2. The molecule has 122 valence electrons. The summed E-state index contributed by atoms with van der Waals surface area (Å²) in [6.07, 6.45) is -0.0590. The largest absolute Gasteiger partial charge is 0.461 e. The summed E-state index contributed by atoms with van der Waals surface area (Å²) in [4.78, 5) is 11.6. The van der Waals surface area contributed by atoms with Crippen LogP contribution < -0.4 is 4.72 Å². The Balaban J connectivity index is 1.80. The summed E-state index contributed by atoms with van der Waals surface area (Å²) in [7, 11) is -3.74. The van der Waals surface area contributed by atoms with Gasteiger partial charge in [-0.2, -0.15) is 0 Å². The number of benzene rings is 2. The molecule has 0 unspecified atom stereocenters. The van der Waals surface area contributed by atoms with E-state index in [1.54, 1.807) is 12.1 Å². The first-order chi connectivity index (χ1) is 11.0. The van der Waals surface area contributed by atoms with E-state index in [-0.39, 0.29) is 29.5 Å². The van der Waals surface area contributed by atoms with Crippen molar-refractivity contribution in [3.05, 3.63) is 65.2 Å². The number of hydrogen-bond donors (Lipinski definition) is 1. The van der Waals surface area contributed by atoms with Crippen molar-refractivity contribution in [2.24, 2.45) is 0 Å². The molecule has 0 spiro atoms. The van der Waals surface area contributed by atoms with Gasteiger partial charge in [0.05, 0.1) is 11.4 Å². The molecule has 0 fully saturated rings. The third-order valence-electron chi connectivity index (χ3n) is 2.99. The molecular formula is C16H16ClNO4S. The van der Waals surface area contributed by atoms with Crippen molar-refractivity contribution in [1.29, 1.82) is 0 Å². The Morgan fingerprint density at radius 3 is 2.39 bits per heavy atom. The van der Waals surface area contributed by atoms with E-state index in [0.717, 1.165) is 5.56 Å². The number of carbonyl (C=O) groups excluding carboxylic acids is 1. The van der Waals surface area contributed by atoms with Crippen molar-refractivity contribution in [2.75, 3.05) is 6.54 Å². The molecule has 0 atom stereocenters. The van der Waals surface area contributed by atoms with Crippen LogP contribution in [0.1, 0.15) is 12.0 Å². The van der Waals surface area contributed by atoms with Gasteiger partial charge in [0, 0.05) is 6.54 Å². The first-order valence-corrected chi connectivity index (χ1v) is 8.79. The highest BCUT2D eigenvalue weighted by atomic mass is 35.5. The second kappa shape index (κ2) is 8.10. The van der Waals surface area contributed by atoms with Crippen LogP contribution in [-0.2, 0) is 26.2 Å². The smallest absolute Gasteiger partial charge is 0.307 e. The molecule has 0 heterocycles. The van der Waals surface area contributed by atoms with Crippen molar-refractivity contribution in [3.63, 3.8) is 0 Å². The fraction of sp³-hybridized carbons (Fsp3) is 0.188. The quantitative estimate of drug-likeness (QED) is 0.777. The first-order valence-electron chi connectivity index (χ1n) is 6.93. The molecule has 0 saturated carbocycles. The minimum atomic E-state index is -3.74. The summed E-state index contributed by atoms with van der Waals surface area (Å²) < 4.78 is 31.5. The van der Waals surface area contributed by atoms with Gasteiger partial charge in [0.15, 0.2) is 0 Å². The predicted molar refractivity (Wildman–Crippen MR) is 87.5 cm³/mol. The van der Waals surface area contributed by atoms with Crippen molar-refractivity contribution >= 4 is 27.6 Å². The number of nitrogens with one attached hydrogen (secondary N) is 1. The fourth-order valence-electron chi connectivity index (χ4n) is 1.84. The Bertz CT molecular complexity index is 763. The first kappa shape index (κ1) is 17.5. The molecule has 23 heavy (non-hydrogen) atoms. The molecule has 7 heteroatoms. The zero-order chi connectivity index (χ0) is 16.7. The molecule has 0 bridgehead atoms. The maximum atomic E-state index is 12.1. The van der Waals surface area contributed by atoms with Crippen LogP contribution in [0.25, 0.3) is 0 Å². The Morgan fingerprint density at radius 1 is 1.04 bits per heavy atom. The van der Waals surface area contributed by atoms with Crippen LogP contribution in [0.4, 0.5) is 0 Å². The molecule has 0 aromatic heterocycles. The van der Waals surface area contributed by atoms with Gasteiger partial charge >= 0.3 is 5.97 Å². The summed E-state index contributed by atoms with van der Waals surface area (Å²) in [6.45, 7) is 0.109. The Morgan fingerprint density at radius 2 is 1.70 bits per heavy atom. The molecule has 0 aliphatic rings. The lowest BCUT2D eigenvalue weighted by atomic mass is 10.2. The molecular weight excluding hydrogens is 338 g/mol. The fourth-order valence-corrected chi connectivity index (χ4v) is 3.39. The summed E-state index contributed by atoms with van der Waals surface area (Å²) in [6, 6.07) is 15.4. The zero-order valence-electron chi connectivity index (χ0n) is 12.2. The van der Waals surface area contributed by atoms with Gasteiger partial charge in [-0.25, -0.2) is 13.1 Å². The van der Waals surface area contributed by atoms with E-state index in [1.165, 1.54) is 12.1 Å². The van der Waals surface area contributed by atoms with E-state index in [4.69, 9.17) is 16.3 Å². The van der Waals surface area contributed by atoms with Gasteiger partial charge in [-0.1, -0.05) is 54.1 Å². The Kier molecular flexibility index (Phi) is 6.15. The highest BCUT2D eigenvalue weighted by Crippen LogP contribution is 2.19. The number of hydrogen-bond acceptors (Lipinski definition) is 4. The van der Waals surface area contributed by atoms with Gasteiger partial charge in [-0.05, 0) is 17.7 Å². The van der Waals surface area contributed by atoms with Gasteiger partial charge in [0.1, 0.15) is 11.5 Å². The average Bonchev–Trinajstić information content (AvgIpc) is 2.54. The molecule has 0 amide bonds. The van der Waals surface area contributed by atoms with Crippen molar-refractivity contribution < 1.29 is 17.9 Å². The number of carbonyl (C=O) groups is 1. The van der Waals surface area contributed by atoms with E-state index < -0.39 is 16.0 Å². The van der Waals surface area contributed by atoms with Crippen LogP contribution >= 0.6 is 11.6 Å². The molecule has 0 saturated heterocycles. The van der Waals surface area contributed by atoms with Crippen LogP contribution in [0.3, 0.4) is 0 Å². The third-order valence-corrected chi connectivity index (χ3v) is 4.95. The van der Waals surface area contributed by atoms with E-state index in [2.05, 4.69) is 4.72 Å². The average molecular weight is 354 g/mol. The molecule has 5 nitrogen and oxygen atoms in total. The maximum absolute atomic E-state index is 12.1. The van der Waals surface area contributed by atoms with Gasteiger partial charge in [-0.3, -0.25) is 4.79 Å². The Hall–Kier alpha value is -1.89. The van der Waals surface area contributed by atoms with E-state index in [1.807, 2.05) is 30.3 Å². The lowest BCUT2D eigenvalue weighted by molar-refractivity contribution is -0.144. The molecule has 1 N–H and O–H groups in total. The third kappa shape index (κ3) is 5.35. The molecule has 0 aliphatic carbocycles. The molecule has 2 aromatic rings. The van der Waals surface area contributed by atoms with Crippen molar-refractivity contribution in [1.82, 2.24) is 4.72 Å². The maximum Gasteiger partial charge on any atom is 0.307 e. The summed E-state index contributed by atoms with van der Waals surface area (Å²) >= 11 is 5.86. The highest BCUT2D eigenvalue weighted by Gasteiger charge is 2.17. The van der Waals surface area contributed by atoms with Crippen LogP contribution in [0.15, 0.2) is 59.5 Å². The van der Waals surface area contributed by atoms with Crippen molar-refractivity contribution in [3.8, 4) is 0 Å². The van der Waals surface area contributed by atoms with Gasteiger partial charge < -0.3 is 4.74 Å². The number of halogens is 1. The van der Waals surface area contributed by atoms with Crippen molar-refractivity contribution in [2.45, 2.75) is 17.9 Å². The van der Waals surface area contributed by atoms with E-state index in [9.17, 15) is 13.2 Å². The van der Waals surface area contributed by atoms with Crippen LogP contribution in [0.2, 0.25) is 5.02 Å². The van der Waals surface area contributed by atoms with E-state index in [0.29, 0.717) is 0 Å². The van der Waals surface area contributed by atoms with Crippen LogP contribution in [-0.4, -0.2) is 20.9 Å². The standard InChI is InChI=1S/C16H16ClNO4S/c17-14-8-4-5-9-15(14)23(20,21)18-11-10-16(19)22-12-13-6-2-1-3-7-13/h1-9,18H,10-12H2. The molecule has 2 aromatic carbocycles. The number of ether oxygens (including phenoxy) is 1. The molecule has 2 rings (SSSR count). The summed E-state index contributed by atoms with van der Waals surface area (Å²) in [5.74, 6) is -0.476.